The molecule has 12 heterocycles. The Bertz CT molecular complexity index is 10400. The molecule has 20 aromatic carbocycles. The van der Waals surface area contributed by atoms with E-state index in [9.17, 15) is 0 Å². The lowest BCUT2D eigenvalue weighted by molar-refractivity contribution is 0.669. The molecule has 0 atom stereocenters. The molecule has 10 nitrogen and oxygen atoms in total. The van der Waals surface area contributed by atoms with Crippen LogP contribution in [0.4, 0.5) is 0 Å². The molecule has 0 bridgehead atoms. The van der Waals surface area contributed by atoms with Gasteiger partial charge in [0.05, 0.1) is 44.0 Å². The van der Waals surface area contributed by atoms with Crippen LogP contribution in [0.5, 0.6) is 0 Å². The first kappa shape index (κ1) is 80.5. The number of hydrogen-bond acceptors (Lipinski definition) is 4. The molecule has 0 radical (unpaired) electrons. The number of fused-ring (bicyclic) bond motifs is 38. The van der Waals surface area contributed by atoms with Gasteiger partial charge in [-0.3, -0.25) is 0 Å². The second-order valence-electron chi connectivity index (χ2n) is 36.4. The number of rotatable bonds is 2. The Kier molecular flexibility index (Phi) is 18.5. The van der Waals surface area contributed by atoms with Gasteiger partial charge in [0.1, 0.15) is 22.3 Å². The van der Waals surface area contributed by atoms with Gasteiger partial charge in [-0.2, -0.15) is 0 Å². The van der Waals surface area contributed by atoms with Crippen molar-refractivity contribution in [3.8, 4) is 11.4 Å². The van der Waals surface area contributed by atoms with Gasteiger partial charge in [-0.15, -0.1) is 22.7 Å². The van der Waals surface area contributed by atoms with Crippen LogP contribution in [-0.4, -0.2) is 36.5 Å². The Labute approximate surface area is 799 Å². The fourth-order valence-electron chi connectivity index (χ4n) is 22.7. The third-order valence-corrected chi connectivity index (χ3v) is 31.3. The van der Waals surface area contributed by atoms with Gasteiger partial charge in [-0.1, -0.05) is 261 Å². The molecular weight excluding hydrogens is 1720 g/mol. The van der Waals surface area contributed by atoms with Crippen LogP contribution in [0.15, 0.2) is 433 Å². The fourth-order valence-corrected chi connectivity index (χ4v) is 24.9. The summed E-state index contributed by atoms with van der Waals surface area (Å²) in [5.74, 6) is 0. The minimum atomic E-state index is 0.949. The summed E-state index contributed by atoms with van der Waals surface area (Å²) in [5, 5.41) is 31.2. The molecule has 0 saturated heterocycles. The van der Waals surface area contributed by atoms with Crippen LogP contribution < -0.4 is 0 Å². The Morgan fingerprint density at radius 3 is 0.978 bits per heavy atom. The van der Waals surface area contributed by atoms with Crippen LogP contribution in [0.25, 0.3) is 270 Å². The number of benzene rings is 20. The van der Waals surface area contributed by atoms with Crippen LogP contribution in [0.3, 0.4) is 0 Å². The molecule has 0 N–H and O–H groups in total. The SMILES string of the molecule is Cn1c2ccccc2c2cc3c(cc21)c1ccccc1n3-c1ccccc1.Cn1c2ccccc2c2cc3c(cc21)sc1ccccc13.Cn1c2ccccc2c2cc3oc4ccccc4c3cc21.Cn1c2ccccc2c2cc3sc4ccccc4c3cc21.Cn1c2ccccc2c2ccc3c(c4ccccc4n3-c3ccccc3)c21.Cn1c2ccccc2c2ccc3oc4ccccc4c3c21. The minimum absolute atomic E-state index is 0.949. The molecule has 12 heteroatoms. The molecule has 0 aliphatic rings. The lowest BCUT2D eigenvalue weighted by Gasteiger charge is -2.07. The van der Waals surface area contributed by atoms with E-state index >= 15 is 0 Å². The Hall–Kier alpha value is -17.2. The predicted molar refractivity (Wildman–Crippen MR) is 592 cm³/mol. The van der Waals surface area contributed by atoms with E-state index in [0.29, 0.717) is 0 Å². The van der Waals surface area contributed by atoms with Crippen molar-refractivity contribution >= 4 is 281 Å². The highest BCUT2D eigenvalue weighted by molar-refractivity contribution is 7.26. The number of aromatic nitrogens is 8. The van der Waals surface area contributed by atoms with Crippen molar-refractivity contribution in [1.82, 2.24) is 36.5 Å². The Balaban J connectivity index is 0.0000000838. The molecule has 32 rings (SSSR count). The van der Waals surface area contributed by atoms with Gasteiger partial charge in [0.2, 0.25) is 0 Å². The summed E-state index contributed by atoms with van der Waals surface area (Å²) in [6.45, 7) is 0. The molecule has 0 aliphatic heterocycles. The summed E-state index contributed by atoms with van der Waals surface area (Å²) in [6, 6.07) is 152. The zero-order valence-corrected chi connectivity index (χ0v) is 78.3. The molecule has 32 aromatic rings. The lowest BCUT2D eigenvalue weighted by atomic mass is 10.1. The minimum Gasteiger partial charge on any atom is -0.456 e. The molecule has 138 heavy (non-hydrogen) atoms. The van der Waals surface area contributed by atoms with E-state index in [2.05, 4.69) is 479 Å². The van der Waals surface area contributed by atoms with Gasteiger partial charge >= 0.3 is 0 Å². The predicted octanol–water partition coefficient (Wildman–Crippen LogP) is 34.7. The maximum atomic E-state index is 6.01. The average molecular weight is 1810 g/mol. The highest BCUT2D eigenvalue weighted by Gasteiger charge is 2.24. The molecule has 0 unspecified atom stereocenters. The van der Waals surface area contributed by atoms with Gasteiger partial charge in [0.25, 0.3) is 0 Å². The molecule has 0 amide bonds. The monoisotopic (exact) mass is 1810 g/mol. The van der Waals surface area contributed by atoms with E-state index in [1.54, 1.807) is 0 Å². The van der Waals surface area contributed by atoms with E-state index in [1.807, 2.05) is 46.9 Å². The average Bonchev–Trinajstić information content (AvgIpc) is 1.54. The van der Waals surface area contributed by atoms with Crippen LogP contribution in [-0.2, 0) is 42.3 Å². The van der Waals surface area contributed by atoms with Gasteiger partial charge < -0.3 is 45.4 Å². The first-order valence-corrected chi connectivity index (χ1v) is 48.7. The van der Waals surface area contributed by atoms with Crippen LogP contribution in [0.1, 0.15) is 0 Å². The standard InChI is InChI=1S/2C25H18N2.2C19H13NO.2C19H13NS/c1-26-22-13-7-5-11-18(22)20-16-25-21(15-24(20)26)19-12-6-8-14-23(19)27(25)17-9-3-2-4-10-17;1-26-21-13-7-5-11-18(21)19-15-16-23-24(25(19)26)20-12-6-8-14-22(20)27(23)17-9-3-2-4-10-17;1-20-16-8-4-2-6-12(16)14-11-19-15(10-17(14)20)13-7-3-5-9-18(13)21-19;1-20-15-8-4-2-6-12(15)13-10-11-17-18(19(13)20)14-7-3-5-9-16(14)21-17;1-20-16-8-4-2-6-12(16)14-11-19-15(10-17(14)20)13-7-3-5-9-18(13)21-19;1-20-16-8-4-2-6-12(16)14-10-15-13-7-3-5-9-18(13)21-19(15)11-17(14)20/h2*2-16H,1H3;4*2-11H,1H3. The van der Waals surface area contributed by atoms with Crippen LogP contribution >= 0.6 is 22.7 Å². The molecular formula is C126H88N8O2S2. The summed E-state index contributed by atoms with van der Waals surface area (Å²) in [6.07, 6.45) is 0. The van der Waals surface area contributed by atoms with Gasteiger partial charge in [-0.25, -0.2) is 0 Å². The van der Waals surface area contributed by atoms with Crippen LogP contribution in [0, 0.1) is 0 Å². The zero-order chi connectivity index (χ0) is 91.8. The molecule has 0 aliphatic carbocycles. The summed E-state index contributed by atoms with van der Waals surface area (Å²) in [7, 11) is 12.9. The van der Waals surface area contributed by atoms with Gasteiger partial charge in [0, 0.05) is 246 Å². The number of thiophene rings is 2. The highest BCUT2D eigenvalue weighted by Crippen LogP contribution is 2.47. The summed E-state index contributed by atoms with van der Waals surface area (Å²) in [5.41, 5.74) is 26.6. The first-order chi connectivity index (χ1) is 68.0. The normalized spacial score (nSPS) is 12.0. The highest BCUT2D eigenvalue weighted by atomic mass is 32.1. The molecule has 656 valence electrons. The number of aryl methyl sites for hydroxylation is 6. The maximum Gasteiger partial charge on any atom is 0.137 e. The number of para-hydroxylation sites is 12. The number of hydrogen-bond donors (Lipinski definition) is 0. The van der Waals surface area contributed by atoms with E-state index < -0.39 is 0 Å². The third kappa shape index (κ3) is 12.4. The molecule has 12 aromatic heterocycles. The van der Waals surface area contributed by atoms with Crippen molar-refractivity contribution in [3.05, 3.63) is 425 Å². The smallest absolute Gasteiger partial charge is 0.137 e. The third-order valence-electron chi connectivity index (χ3n) is 29.1. The quantitative estimate of drug-likeness (QED) is 0.173. The van der Waals surface area contributed by atoms with Crippen molar-refractivity contribution < 1.29 is 8.83 Å². The van der Waals surface area contributed by atoms with Crippen molar-refractivity contribution in [2.75, 3.05) is 0 Å². The van der Waals surface area contributed by atoms with Gasteiger partial charge in [0.15, 0.2) is 0 Å². The first-order valence-electron chi connectivity index (χ1n) is 47.0. The van der Waals surface area contributed by atoms with E-state index in [0.717, 1.165) is 22.3 Å². The second kappa shape index (κ2) is 31.8. The van der Waals surface area contributed by atoms with E-state index in [4.69, 9.17) is 8.83 Å². The summed E-state index contributed by atoms with van der Waals surface area (Å²) >= 11 is 3.77. The number of furan rings is 2. The largest absolute Gasteiger partial charge is 0.456 e. The van der Waals surface area contributed by atoms with Crippen LogP contribution in [0.2, 0.25) is 0 Å². The van der Waals surface area contributed by atoms with Crippen molar-refractivity contribution in [2.45, 2.75) is 0 Å². The Morgan fingerprint density at radius 2 is 0.464 bits per heavy atom. The van der Waals surface area contributed by atoms with Crippen molar-refractivity contribution in [2.24, 2.45) is 42.3 Å². The molecule has 0 spiro atoms. The lowest BCUT2D eigenvalue weighted by Crippen LogP contribution is -1.93. The van der Waals surface area contributed by atoms with Crippen molar-refractivity contribution in [3.63, 3.8) is 0 Å². The van der Waals surface area contributed by atoms with Gasteiger partial charge in [-0.05, 0) is 164 Å². The number of nitrogens with zero attached hydrogens (tertiary/aromatic N) is 8. The van der Waals surface area contributed by atoms with E-state index in [1.165, 1.54) is 248 Å². The fraction of sp³-hybridized carbons (Fsp3) is 0.0476. The zero-order valence-electron chi connectivity index (χ0n) is 76.6. The molecule has 0 saturated carbocycles. The topological polar surface area (TPSA) is 65.7 Å². The second-order valence-corrected chi connectivity index (χ2v) is 38.6. The summed E-state index contributed by atoms with van der Waals surface area (Å²) in [4.78, 5) is 0. The molecule has 0 fully saturated rings. The van der Waals surface area contributed by atoms with E-state index in [-0.39, 0.29) is 0 Å². The van der Waals surface area contributed by atoms with Crippen molar-refractivity contribution in [1.29, 1.82) is 0 Å². The Morgan fingerprint density at radius 1 is 0.152 bits per heavy atom. The maximum absolute atomic E-state index is 6.01. The summed E-state index contributed by atoms with van der Waals surface area (Å²) < 4.78 is 36.0.